The van der Waals surface area contributed by atoms with Gasteiger partial charge in [-0.25, -0.2) is 5.43 Å². The van der Waals surface area contributed by atoms with Gasteiger partial charge >= 0.3 is 0 Å². The predicted molar refractivity (Wildman–Crippen MR) is 84.4 cm³/mol. The van der Waals surface area contributed by atoms with Crippen LogP contribution in [0.5, 0.6) is 5.75 Å². The van der Waals surface area contributed by atoms with Crippen molar-refractivity contribution >= 4 is 35.3 Å². The maximum absolute atomic E-state index is 11.8. The number of aryl methyl sites for hydroxylation is 1. The van der Waals surface area contributed by atoms with Gasteiger partial charge in [0, 0.05) is 16.1 Å². The van der Waals surface area contributed by atoms with Crippen LogP contribution in [0, 0.1) is 6.92 Å². The van der Waals surface area contributed by atoms with Gasteiger partial charge in [0.2, 0.25) is 0 Å². The van der Waals surface area contributed by atoms with Crippen LogP contribution in [0.4, 0.5) is 0 Å². The molecule has 21 heavy (non-hydrogen) atoms. The standard InChI is InChI=1S/C15H12Cl2N2O2/c1-9-5-11(14(20)13(17)6-9)8-18-19-15(21)10-3-2-4-12(16)7-10/h2-8,20H,1H3,(H,19,21)/b18-8+. The second kappa shape index (κ2) is 6.61. The van der Waals surface area contributed by atoms with Crippen molar-refractivity contribution in [2.45, 2.75) is 6.92 Å². The Balaban J connectivity index is 2.11. The van der Waals surface area contributed by atoms with Crippen LogP contribution in [0.15, 0.2) is 41.5 Å². The average Bonchev–Trinajstić information content (AvgIpc) is 2.43. The Bertz CT molecular complexity index is 715. The number of carbonyl (C=O) groups excluding carboxylic acids is 1. The summed E-state index contributed by atoms with van der Waals surface area (Å²) in [6.07, 6.45) is 1.33. The molecule has 2 aromatic carbocycles. The first kappa shape index (κ1) is 15.4. The van der Waals surface area contributed by atoms with Crippen LogP contribution < -0.4 is 5.43 Å². The summed E-state index contributed by atoms with van der Waals surface area (Å²) in [5.41, 5.74) is 4.05. The van der Waals surface area contributed by atoms with E-state index < -0.39 is 5.91 Å². The molecule has 4 nitrogen and oxygen atoms in total. The summed E-state index contributed by atoms with van der Waals surface area (Å²) in [7, 11) is 0. The van der Waals surface area contributed by atoms with Crippen molar-refractivity contribution in [1.82, 2.24) is 5.43 Å². The molecule has 108 valence electrons. The van der Waals surface area contributed by atoms with E-state index in [9.17, 15) is 9.90 Å². The van der Waals surface area contributed by atoms with Crippen molar-refractivity contribution in [3.8, 4) is 5.75 Å². The molecule has 1 amide bonds. The number of hydrazone groups is 1. The first-order valence-corrected chi connectivity index (χ1v) is 6.81. The lowest BCUT2D eigenvalue weighted by atomic mass is 10.1. The van der Waals surface area contributed by atoms with Gasteiger partial charge < -0.3 is 5.11 Å². The Morgan fingerprint density at radius 3 is 2.76 bits per heavy atom. The van der Waals surface area contributed by atoms with E-state index in [2.05, 4.69) is 10.5 Å². The van der Waals surface area contributed by atoms with Gasteiger partial charge in [-0.2, -0.15) is 5.10 Å². The van der Waals surface area contributed by atoms with E-state index in [1.165, 1.54) is 12.3 Å². The minimum Gasteiger partial charge on any atom is -0.506 e. The molecule has 0 saturated heterocycles. The van der Waals surface area contributed by atoms with E-state index in [0.29, 0.717) is 16.1 Å². The van der Waals surface area contributed by atoms with Gasteiger partial charge in [-0.3, -0.25) is 4.79 Å². The lowest BCUT2D eigenvalue weighted by Gasteiger charge is -2.04. The number of phenolic OH excluding ortho intramolecular Hbond substituents is 1. The molecule has 6 heteroatoms. The number of phenols is 1. The largest absolute Gasteiger partial charge is 0.506 e. The lowest BCUT2D eigenvalue weighted by molar-refractivity contribution is 0.0955. The molecule has 0 spiro atoms. The molecule has 2 aromatic rings. The number of benzene rings is 2. The van der Waals surface area contributed by atoms with E-state index in [1.54, 1.807) is 30.3 Å². The van der Waals surface area contributed by atoms with Crippen LogP contribution in [0.1, 0.15) is 21.5 Å². The molecule has 0 radical (unpaired) electrons. The zero-order valence-corrected chi connectivity index (χ0v) is 12.6. The Labute approximate surface area is 132 Å². The van der Waals surface area contributed by atoms with Crippen LogP contribution in [0.25, 0.3) is 0 Å². The van der Waals surface area contributed by atoms with Crippen molar-refractivity contribution in [3.63, 3.8) is 0 Å². The highest BCUT2D eigenvalue weighted by molar-refractivity contribution is 6.32. The quantitative estimate of drug-likeness (QED) is 0.667. The molecule has 0 saturated carbocycles. The van der Waals surface area contributed by atoms with Gasteiger partial charge in [-0.1, -0.05) is 29.3 Å². The third-order valence-corrected chi connectivity index (χ3v) is 3.22. The van der Waals surface area contributed by atoms with Gasteiger partial charge in [-0.05, 0) is 42.8 Å². The SMILES string of the molecule is Cc1cc(Cl)c(O)c(/C=N/NC(=O)c2cccc(Cl)c2)c1. The molecule has 2 N–H and O–H groups in total. The van der Waals surface area contributed by atoms with Gasteiger partial charge in [0.05, 0.1) is 11.2 Å². The number of aromatic hydroxyl groups is 1. The van der Waals surface area contributed by atoms with E-state index >= 15 is 0 Å². The van der Waals surface area contributed by atoms with E-state index in [-0.39, 0.29) is 10.8 Å². The topological polar surface area (TPSA) is 61.7 Å². The fraction of sp³-hybridized carbons (Fsp3) is 0.0667. The summed E-state index contributed by atoms with van der Waals surface area (Å²) in [5.74, 6) is -0.477. The lowest BCUT2D eigenvalue weighted by Crippen LogP contribution is -2.17. The normalized spacial score (nSPS) is 10.8. The maximum atomic E-state index is 11.8. The van der Waals surface area contributed by atoms with Gasteiger partial charge in [0.1, 0.15) is 5.75 Å². The molecular formula is C15H12Cl2N2O2. The molecule has 0 unspecified atom stereocenters. The minimum atomic E-state index is -0.396. The number of hydrogen-bond donors (Lipinski definition) is 2. The number of hydrogen-bond acceptors (Lipinski definition) is 3. The molecule has 0 aromatic heterocycles. The van der Waals surface area contributed by atoms with Gasteiger partial charge in [0.15, 0.2) is 0 Å². The van der Waals surface area contributed by atoms with Crippen LogP contribution in [-0.4, -0.2) is 17.2 Å². The first-order valence-electron chi connectivity index (χ1n) is 6.05. The highest BCUT2D eigenvalue weighted by Crippen LogP contribution is 2.27. The highest BCUT2D eigenvalue weighted by atomic mass is 35.5. The Hall–Kier alpha value is -2.04. The number of rotatable bonds is 3. The second-order valence-electron chi connectivity index (χ2n) is 4.39. The molecule has 0 aliphatic rings. The van der Waals surface area contributed by atoms with Crippen LogP contribution in [0.3, 0.4) is 0 Å². The zero-order chi connectivity index (χ0) is 15.4. The summed E-state index contributed by atoms with van der Waals surface area (Å²) < 4.78 is 0. The molecule has 0 aliphatic carbocycles. The predicted octanol–water partition coefficient (Wildman–Crippen LogP) is 3.77. The van der Waals surface area contributed by atoms with E-state index in [4.69, 9.17) is 23.2 Å². The monoisotopic (exact) mass is 322 g/mol. The van der Waals surface area contributed by atoms with Crippen molar-refractivity contribution < 1.29 is 9.90 Å². The summed E-state index contributed by atoms with van der Waals surface area (Å²) in [6, 6.07) is 9.85. The summed E-state index contributed by atoms with van der Waals surface area (Å²) in [6.45, 7) is 1.84. The molecule has 2 rings (SSSR count). The van der Waals surface area contributed by atoms with Crippen LogP contribution >= 0.6 is 23.2 Å². The number of halogens is 2. The Morgan fingerprint density at radius 2 is 2.05 bits per heavy atom. The molecule has 0 fully saturated rings. The Morgan fingerprint density at radius 1 is 1.29 bits per heavy atom. The molecular weight excluding hydrogens is 311 g/mol. The fourth-order valence-corrected chi connectivity index (χ4v) is 2.19. The summed E-state index contributed by atoms with van der Waals surface area (Å²) in [4.78, 5) is 11.8. The number of nitrogens with one attached hydrogen (secondary N) is 1. The maximum Gasteiger partial charge on any atom is 0.271 e. The third kappa shape index (κ3) is 3.97. The number of carbonyl (C=O) groups is 1. The van der Waals surface area contributed by atoms with Crippen molar-refractivity contribution in [1.29, 1.82) is 0 Å². The van der Waals surface area contributed by atoms with Crippen LogP contribution in [-0.2, 0) is 0 Å². The number of amides is 1. The molecule has 0 bridgehead atoms. The third-order valence-electron chi connectivity index (χ3n) is 2.69. The van der Waals surface area contributed by atoms with E-state index in [0.717, 1.165) is 5.56 Å². The molecule has 0 aliphatic heterocycles. The molecule has 0 heterocycles. The second-order valence-corrected chi connectivity index (χ2v) is 5.24. The summed E-state index contributed by atoms with van der Waals surface area (Å²) in [5, 5.41) is 14.3. The fourth-order valence-electron chi connectivity index (χ4n) is 1.71. The smallest absolute Gasteiger partial charge is 0.271 e. The van der Waals surface area contributed by atoms with Crippen LogP contribution in [0.2, 0.25) is 10.0 Å². The highest BCUT2D eigenvalue weighted by Gasteiger charge is 2.06. The number of nitrogens with zero attached hydrogens (tertiary/aromatic N) is 1. The van der Waals surface area contributed by atoms with Gasteiger partial charge in [-0.15, -0.1) is 0 Å². The van der Waals surface area contributed by atoms with Gasteiger partial charge in [0.25, 0.3) is 5.91 Å². The minimum absolute atomic E-state index is 0.0805. The summed E-state index contributed by atoms with van der Waals surface area (Å²) >= 11 is 11.7. The van der Waals surface area contributed by atoms with E-state index in [1.807, 2.05) is 6.92 Å². The first-order chi connectivity index (χ1) is 9.97. The zero-order valence-electron chi connectivity index (χ0n) is 11.1. The van der Waals surface area contributed by atoms with Crippen molar-refractivity contribution in [3.05, 3.63) is 63.1 Å². The van der Waals surface area contributed by atoms with Crippen molar-refractivity contribution in [2.75, 3.05) is 0 Å². The Kier molecular flexibility index (Phi) is 4.83. The van der Waals surface area contributed by atoms with Crippen molar-refractivity contribution in [2.24, 2.45) is 5.10 Å². The molecule has 0 atom stereocenters. The average molecular weight is 323 g/mol.